The molecule has 2 heterocycles. The van der Waals surface area contributed by atoms with E-state index in [2.05, 4.69) is 20.6 Å². The van der Waals surface area contributed by atoms with Gasteiger partial charge in [0.15, 0.2) is 0 Å². The molecule has 14 heteroatoms. The van der Waals surface area contributed by atoms with Crippen molar-refractivity contribution in [3.63, 3.8) is 0 Å². The SMILES string of the molecule is CCOC(=O)[C@@H](N)Cc1c[nH]c2ccccc12.CCOC(=O)[C@H](Cc1c[nH]c2ccccc12)NC(=O)[C@H](C)N(C)C(=O)OCc1ccccc1.CN[C@@H](C)C=O. The highest BCUT2D eigenvalue weighted by molar-refractivity contribution is 5.90. The van der Waals surface area contributed by atoms with E-state index in [0.29, 0.717) is 13.0 Å². The third-order valence-electron chi connectivity index (χ3n) is 8.80. The van der Waals surface area contributed by atoms with Gasteiger partial charge in [-0.1, -0.05) is 66.7 Å². The van der Waals surface area contributed by atoms with Crippen molar-refractivity contribution in [3.05, 3.63) is 108 Å². The van der Waals surface area contributed by atoms with E-state index in [4.69, 9.17) is 19.9 Å². The smallest absolute Gasteiger partial charge is 0.410 e. The fourth-order valence-electron chi connectivity index (χ4n) is 5.34. The summed E-state index contributed by atoms with van der Waals surface area (Å²) in [4.78, 5) is 66.5. The molecular weight excluding hydrogens is 716 g/mol. The zero-order valence-electron chi connectivity index (χ0n) is 32.9. The molecule has 0 bridgehead atoms. The molecule has 0 spiro atoms. The number of carbonyl (C=O) groups excluding carboxylic acids is 5. The van der Waals surface area contributed by atoms with Crippen LogP contribution in [0.15, 0.2) is 91.3 Å². The average Bonchev–Trinajstić information content (AvgIpc) is 3.83. The van der Waals surface area contributed by atoms with Crippen molar-refractivity contribution in [2.45, 2.75) is 71.3 Å². The third kappa shape index (κ3) is 13.4. The normalized spacial score (nSPS) is 12.7. The van der Waals surface area contributed by atoms with Gasteiger partial charge in [0, 0.05) is 54.1 Å². The number of para-hydroxylation sites is 2. The molecule has 0 saturated carbocycles. The number of H-pyrrole nitrogens is 2. The molecule has 300 valence electrons. The number of rotatable bonds is 15. The van der Waals surface area contributed by atoms with Gasteiger partial charge in [0.1, 0.15) is 31.0 Å². The van der Waals surface area contributed by atoms with Crippen molar-refractivity contribution in [1.82, 2.24) is 25.5 Å². The van der Waals surface area contributed by atoms with E-state index in [9.17, 15) is 24.0 Å². The lowest BCUT2D eigenvalue weighted by atomic mass is 10.0. The molecule has 0 fully saturated rings. The first-order valence-corrected chi connectivity index (χ1v) is 18.5. The van der Waals surface area contributed by atoms with E-state index in [-0.39, 0.29) is 31.6 Å². The predicted molar refractivity (Wildman–Crippen MR) is 216 cm³/mol. The zero-order valence-corrected chi connectivity index (χ0v) is 32.9. The summed E-state index contributed by atoms with van der Waals surface area (Å²) in [6.07, 6.45) is 4.68. The Labute approximate surface area is 327 Å². The first kappa shape index (κ1) is 44.4. The monoisotopic (exact) mass is 770 g/mol. The molecule has 5 rings (SSSR count). The molecule has 3 aromatic carbocycles. The number of benzene rings is 3. The van der Waals surface area contributed by atoms with Crippen LogP contribution in [0, 0.1) is 0 Å². The molecule has 0 radical (unpaired) electrons. The van der Waals surface area contributed by atoms with Crippen LogP contribution in [-0.4, -0.2) is 96.6 Å². The molecule has 0 aliphatic heterocycles. The number of likely N-dealkylation sites (N-methyl/N-ethyl adjacent to an activating group) is 2. The lowest BCUT2D eigenvalue weighted by molar-refractivity contribution is -0.147. The zero-order chi connectivity index (χ0) is 41.0. The number of nitrogens with zero attached hydrogens (tertiary/aromatic N) is 1. The second-order valence-electron chi connectivity index (χ2n) is 12.8. The van der Waals surface area contributed by atoms with Gasteiger partial charge in [0.2, 0.25) is 5.91 Å². The van der Waals surface area contributed by atoms with E-state index in [1.807, 2.05) is 91.3 Å². The number of hydrogen-bond donors (Lipinski definition) is 5. The number of esters is 2. The summed E-state index contributed by atoms with van der Waals surface area (Å²) in [5, 5.41) is 7.56. The summed E-state index contributed by atoms with van der Waals surface area (Å²) >= 11 is 0. The van der Waals surface area contributed by atoms with Gasteiger partial charge in [0.25, 0.3) is 0 Å². The Morgan fingerprint density at radius 1 is 0.768 bits per heavy atom. The molecule has 14 nitrogen and oxygen atoms in total. The molecule has 5 aromatic rings. The van der Waals surface area contributed by atoms with Crippen LogP contribution < -0.4 is 16.4 Å². The fraction of sp³-hybridized carbons (Fsp3) is 0.357. The first-order chi connectivity index (χ1) is 26.9. The van der Waals surface area contributed by atoms with Crippen molar-refractivity contribution < 1.29 is 38.2 Å². The van der Waals surface area contributed by atoms with Gasteiger partial charge in [-0.25, -0.2) is 9.59 Å². The first-order valence-electron chi connectivity index (χ1n) is 18.5. The molecular formula is C42H54N6O8. The van der Waals surface area contributed by atoms with Crippen molar-refractivity contribution in [2.75, 3.05) is 27.3 Å². The highest BCUT2D eigenvalue weighted by atomic mass is 16.6. The van der Waals surface area contributed by atoms with Crippen molar-refractivity contribution in [3.8, 4) is 0 Å². The van der Waals surface area contributed by atoms with Crippen LogP contribution in [0.3, 0.4) is 0 Å². The van der Waals surface area contributed by atoms with E-state index in [1.165, 1.54) is 11.9 Å². The van der Waals surface area contributed by atoms with Crippen LogP contribution in [0.5, 0.6) is 0 Å². The molecule has 0 aliphatic carbocycles. The molecule has 6 N–H and O–H groups in total. The lowest BCUT2D eigenvalue weighted by Crippen LogP contribution is -2.52. The minimum atomic E-state index is -0.896. The number of ether oxygens (including phenoxy) is 3. The Morgan fingerprint density at radius 2 is 1.29 bits per heavy atom. The van der Waals surface area contributed by atoms with Gasteiger partial charge in [-0.3, -0.25) is 14.5 Å². The number of amides is 2. The van der Waals surface area contributed by atoms with E-state index < -0.39 is 36.1 Å². The van der Waals surface area contributed by atoms with Gasteiger partial charge >= 0.3 is 18.0 Å². The quantitative estimate of drug-likeness (QED) is 0.0560. The van der Waals surface area contributed by atoms with Gasteiger partial charge in [-0.15, -0.1) is 0 Å². The molecule has 4 atom stereocenters. The van der Waals surface area contributed by atoms with E-state index in [1.54, 1.807) is 34.7 Å². The highest BCUT2D eigenvalue weighted by Crippen LogP contribution is 2.20. The largest absolute Gasteiger partial charge is 0.465 e. The fourth-order valence-corrected chi connectivity index (χ4v) is 5.34. The second kappa shape index (κ2) is 23.0. The predicted octanol–water partition coefficient (Wildman–Crippen LogP) is 4.81. The van der Waals surface area contributed by atoms with Crippen LogP contribution in [-0.2, 0) is 52.8 Å². The Kier molecular flexibility index (Phi) is 18.3. The molecule has 0 unspecified atom stereocenters. The van der Waals surface area contributed by atoms with Gasteiger partial charge in [-0.2, -0.15) is 0 Å². The van der Waals surface area contributed by atoms with Gasteiger partial charge in [0.05, 0.1) is 19.3 Å². The summed E-state index contributed by atoms with van der Waals surface area (Å²) in [5.41, 5.74) is 10.6. The van der Waals surface area contributed by atoms with Crippen molar-refractivity contribution >= 4 is 52.0 Å². The van der Waals surface area contributed by atoms with Crippen molar-refractivity contribution in [1.29, 1.82) is 0 Å². The standard InChI is InChI=1S/C25H29N3O5.C13H16N2O2.C4H9NO/c1-4-32-24(30)22(14-19-15-26-21-13-9-8-12-20(19)21)27-23(29)17(2)28(3)25(31)33-16-18-10-6-5-7-11-18;1-2-17-13(16)11(14)7-9-8-15-12-6-4-3-5-10(9)12;1-4(3-6)5-2/h5-13,15,17,22,26H,4,14,16H2,1-3H3,(H,27,29);3-6,8,11,15H,2,7,14H2,1H3;3-5H,1-2H3/t17-,22-;11-;4-/m000/s1. The summed E-state index contributed by atoms with van der Waals surface area (Å²) in [6, 6.07) is 22.6. The van der Waals surface area contributed by atoms with Gasteiger partial charge < -0.3 is 45.3 Å². The molecule has 2 aromatic heterocycles. The number of aldehydes is 1. The number of aromatic nitrogens is 2. The highest BCUT2D eigenvalue weighted by Gasteiger charge is 2.29. The summed E-state index contributed by atoms with van der Waals surface area (Å²) in [6.45, 7) is 7.52. The Bertz CT molecular complexity index is 1990. The van der Waals surface area contributed by atoms with E-state index in [0.717, 1.165) is 44.8 Å². The van der Waals surface area contributed by atoms with Crippen LogP contribution in [0.2, 0.25) is 0 Å². The minimum Gasteiger partial charge on any atom is -0.465 e. The third-order valence-corrected chi connectivity index (χ3v) is 8.80. The molecule has 0 aliphatic rings. The summed E-state index contributed by atoms with van der Waals surface area (Å²) in [5.74, 6) is -1.36. The van der Waals surface area contributed by atoms with Gasteiger partial charge in [-0.05, 0) is 63.6 Å². The van der Waals surface area contributed by atoms with Crippen LogP contribution in [0.25, 0.3) is 21.8 Å². The van der Waals surface area contributed by atoms with Crippen molar-refractivity contribution in [2.24, 2.45) is 5.73 Å². The molecule has 0 saturated heterocycles. The lowest BCUT2D eigenvalue weighted by Gasteiger charge is -2.25. The Balaban J connectivity index is 0.000000302. The molecule has 2 amide bonds. The number of fused-ring (bicyclic) bond motifs is 2. The molecule has 56 heavy (non-hydrogen) atoms. The number of carbonyl (C=O) groups is 5. The maximum Gasteiger partial charge on any atom is 0.410 e. The number of hydrogen-bond acceptors (Lipinski definition) is 10. The van der Waals surface area contributed by atoms with Crippen LogP contribution in [0.4, 0.5) is 4.79 Å². The number of aromatic amines is 2. The summed E-state index contributed by atoms with van der Waals surface area (Å²) in [7, 11) is 3.23. The van der Waals surface area contributed by atoms with E-state index >= 15 is 0 Å². The topological polar surface area (TPSA) is 198 Å². The Hall–Kier alpha value is -5.99. The number of nitrogens with two attached hydrogens (primary N) is 1. The van der Waals surface area contributed by atoms with Crippen LogP contribution >= 0.6 is 0 Å². The van der Waals surface area contributed by atoms with Crippen LogP contribution in [0.1, 0.15) is 44.4 Å². The Morgan fingerprint density at radius 3 is 1.80 bits per heavy atom. The second-order valence-corrected chi connectivity index (χ2v) is 12.8. The number of nitrogens with one attached hydrogen (secondary N) is 4. The maximum absolute atomic E-state index is 12.9. The maximum atomic E-state index is 12.9. The minimum absolute atomic E-state index is 0.00463. The average molecular weight is 771 g/mol. The summed E-state index contributed by atoms with van der Waals surface area (Å²) < 4.78 is 15.4.